The Morgan fingerprint density at radius 3 is 1.32 bits per heavy atom. The predicted octanol–water partition coefficient (Wildman–Crippen LogP) is 4.44. The lowest BCUT2D eigenvalue weighted by atomic mass is 9.82. The van der Waals surface area contributed by atoms with Gasteiger partial charge in [-0.05, 0) is 114 Å². The second-order valence-electron chi connectivity index (χ2n) is 15.8. The van der Waals surface area contributed by atoms with Crippen LogP contribution >= 0.6 is 45.2 Å². The fourth-order valence-corrected chi connectivity index (χ4v) is 6.33. The van der Waals surface area contributed by atoms with E-state index in [2.05, 4.69) is 60.5 Å². The first-order valence-corrected chi connectivity index (χ1v) is 20.0. The number of carboxylic acid groups (broad SMARTS) is 1. The van der Waals surface area contributed by atoms with Crippen molar-refractivity contribution in [3.05, 3.63) is 44.3 Å². The molecule has 0 aromatic carbocycles. The lowest BCUT2D eigenvalue weighted by Crippen LogP contribution is -2.51. The second kappa shape index (κ2) is 19.4. The van der Waals surface area contributed by atoms with Crippen LogP contribution in [0, 0.1) is 7.14 Å². The number of aliphatic carboxylic acids is 1. The molecule has 19 heteroatoms. The number of aromatic nitrogens is 6. The summed E-state index contributed by atoms with van der Waals surface area (Å²) in [5.41, 5.74) is -2.37. The molecule has 3 aliphatic heterocycles. The van der Waals surface area contributed by atoms with Crippen molar-refractivity contribution < 1.29 is 38.3 Å². The normalized spacial score (nSPS) is 18.0. The number of ether oxygens (including phenoxy) is 2. The molecular formula is C37H61BI2N8O8. The van der Waals surface area contributed by atoms with Gasteiger partial charge < -0.3 is 33.7 Å². The SMILES string of the molecule is C.C.CC(C)(C(=O)N1CCOCC1)n1cc(B2OC(C)(C)C(C)(C)O2)cn1.CC(C)(C(=O)N1CCOCC1)n1cc(I)cn1.CC(C)(C(=O)O)n1cc(I)cn1. The highest BCUT2D eigenvalue weighted by atomic mass is 127. The zero-order valence-electron chi connectivity index (χ0n) is 32.8. The minimum atomic E-state index is -0.969. The number of morpholine rings is 2. The van der Waals surface area contributed by atoms with Crippen LogP contribution < -0.4 is 5.46 Å². The Bertz CT molecular complexity index is 1740. The van der Waals surface area contributed by atoms with Crippen LogP contribution in [0.15, 0.2) is 37.2 Å². The van der Waals surface area contributed by atoms with Crippen LogP contribution in [-0.4, -0.2) is 133 Å². The summed E-state index contributed by atoms with van der Waals surface area (Å²) < 4.78 is 29.6. The Labute approximate surface area is 359 Å². The topological polar surface area (TPSA) is 168 Å². The van der Waals surface area contributed by atoms with Gasteiger partial charge in [0.15, 0.2) is 5.54 Å². The van der Waals surface area contributed by atoms with Gasteiger partial charge in [-0.3, -0.25) is 23.6 Å². The lowest BCUT2D eigenvalue weighted by Gasteiger charge is -2.34. The maximum absolute atomic E-state index is 12.9. The van der Waals surface area contributed by atoms with Crippen molar-refractivity contribution in [3.8, 4) is 0 Å². The van der Waals surface area contributed by atoms with E-state index in [-0.39, 0.29) is 26.7 Å². The van der Waals surface area contributed by atoms with Crippen molar-refractivity contribution in [2.75, 3.05) is 52.6 Å². The molecule has 0 saturated carbocycles. The maximum atomic E-state index is 12.9. The zero-order valence-corrected chi connectivity index (χ0v) is 37.2. The van der Waals surface area contributed by atoms with E-state index in [1.54, 1.807) is 48.0 Å². The van der Waals surface area contributed by atoms with Gasteiger partial charge in [-0.15, -0.1) is 0 Å². The number of nitrogens with zero attached hydrogens (tertiary/aromatic N) is 8. The van der Waals surface area contributed by atoms with Crippen molar-refractivity contribution in [2.45, 2.75) is 112 Å². The molecule has 3 aromatic heterocycles. The predicted molar refractivity (Wildman–Crippen MR) is 232 cm³/mol. The van der Waals surface area contributed by atoms with Crippen LogP contribution in [0.4, 0.5) is 0 Å². The molecule has 6 heterocycles. The summed E-state index contributed by atoms with van der Waals surface area (Å²) in [5.74, 6) is -0.748. The summed E-state index contributed by atoms with van der Waals surface area (Å²) in [6, 6.07) is 0. The zero-order chi connectivity index (χ0) is 40.3. The molecule has 6 rings (SSSR count). The number of rotatable bonds is 7. The van der Waals surface area contributed by atoms with Crippen molar-refractivity contribution >= 4 is 75.5 Å². The van der Waals surface area contributed by atoms with Crippen molar-refractivity contribution in [1.29, 1.82) is 0 Å². The van der Waals surface area contributed by atoms with E-state index in [0.29, 0.717) is 52.6 Å². The summed E-state index contributed by atoms with van der Waals surface area (Å²) >= 11 is 4.28. The number of amides is 2. The molecule has 0 unspecified atom stereocenters. The lowest BCUT2D eigenvalue weighted by molar-refractivity contribution is -0.146. The third kappa shape index (κ3) is 11.3. The average Bonchev–Trinajstić information content (AvgIpc) is 3.93. The van der Waals surface area contributed by atoms with Crippen LogP contribution in [-0.2, 0) is 49.8 Å². The van der Waals surface area contributed by atoms with E-state index >= 15 is 0 Å². The molecule has 3 saturated heterocycles. The number of carbonyl (C=O) groups excluding carboxylic acids is 2. The summed E-state index contributed by atoms with van der Waals surface area (Å²) in [7, 11) is -0.479. The molecule has 3 fully saturated rings. The molecule has 3 aliphatic rings. The van der Waals surface area contributed by atoms with Crippen molar-refractivity contribution in [3.63, 3.8) is 0 Å². The molecule has 2 amide bonds. The fraction of sp³-hybridized carbons (Fsp3) is 0.676. The molecule has 1 N–H and O–H groups in total. The number of carbonyl (C=O) groups is 3. The molecule has 0 radical (unpaired) electrons. The molecule has 56 heavy (non-hydrogen) atoms. The Hall–Kier alpha value is -2.60. The van der Waals surface area contributed by atoms with Gasteiger partial charge in [0.1, 0.15) is 11.1 Å². The summed E-state index contributed by atoms with van der Waals surface area (Å²) in [5, 5.41) is 21.4. The first kappa shape index (κ1) is 49.6. The van der Waals surface area contributed by atoms with Crippen LogP contribution in [0.2, 0.25) is 0 Å². The highest BCUT2D eigenvalue weighted by Gasteiger charge is 2.52. The standard InChI is InChI=1S/C17H28BN3O4.C11H16IN3O2.C7H9IN2O2.2CH4/c1-15(2,14(22)20-7-9-23-10-8-20)21-12-13(11-19-21)18-24-16(3,4)17(5,6)25-18;1-11(2,15-8-9(12)7-13-15)10(16)14-3-5-17-6-4-14;1-7(2,6(11)12)10-4-5(8)3-9-10;;/h11-12H,7-10H2,1-6H3;7-8H,3-6H2,1-2H3;3-4H,1-2H3,(H,11,12);2*1H4. The Kier molecular flexibility index (Phi) is 17.2. The number of hydrogen-bond donors (Lipinski definition) is 1. The molecule has 16 nitrogen and oxygen atoms in total. The van der Waals surface area contributed by atoms with Gasteiger partial charge >= 0.3 is 13.1 Å². The van der Waals surface area contributed by atoms with Gasteiger partial charge in [-0.2, -0.15) is 15.3 Å². The molecule has 3 aromatic rings. The van der Waals surface area contributed by atoms with Gasteiger partial charge in [0.25, 0.3) is 0 Å². The smallest absolute Gasteiger partial charge is 0.479 e. The number of hydrogen-bond acceptors (Lipinski definition) is 10. The monoisotopic (exact) mass is 1010 g/mol. The van der Waals surface area contributed by atoms with Crippen LogP contribution in [0.5, 0.6) is 0 Å². The highest BCUT2D eigenvalue weighted by Crippen LogP contribution is 2.36. The van der Waals surface area contributed by atoms with Crippen molar-refractivity contribution in [2.24, 2.45) is 0 Å². The Balaban J connectivity index is 0.000000305. The second-order valence-corrected chi connectivity index (χ2v) is 18.3. The molecule has 314 valence electrons. The summed E-state index contributed by atoms with van der Waals surface area (Å²) in [4.78, 5) is 39.8. The van der Waals surface area contributed by atoms with E-state index in [1.165, 1.54) is 4.68 Å². The third-order valence-corrected chi connectivity index (χ3v) is 11.2. The van der Waals surface area contributed by atoms with Gasteiger partial charge in [-0.25, -0.2) is 4.79 Å². The first-order chi connectivity index (χ1) is 25.0. The third-order valence-electron chi connectivity index (χ3n) is 10.1. The Morgan fingerprint density at radius 2 is 0.982 bits per heavy atom. The molecule has 0 atom stereocenters. The number of halogens is 2. The quantitative estimate of drug-likeness (QED) is 0.263. The highest BCUT2D eigenvalue weighted by molar-refractivity contribution is 14.1. The molecular weight excluding hydrogens is 949 g/mol. The minimum Gasteiger partial charge on any atom is -0.479 e. The average molecular weight is 1010 g/mol. The maximum Gasteiger partial charge on any atom is 0.498 e. The van der Waals surface area contributed by atoms with Gasteiger partial charge in [0, 0.05) is 56.4 Å². The summed E-state index contributed by atoms with van der Waals surface area (Å²) in [6.45, 7) is 23.8. The summed E-state index contributed by atoms with van der Waals surface area (Å²) in [6.07, 6.45) is 10.5. The first-order valence-electron chi connectivity index (χ1n) is 17.8. The number of carboxylic acids is 1. The largest absolute Gasteiger partial charge is 0.498 e. The van der Waals surface area contributed by atoms with Crippen molar-refractivity contribution in [1.82, 2.24) is 39.1 Å². The van der Waals surface area contributed by atoms with E-state index in [9.17, 15) is 14.4 Å². The van der Waals surface area contributed by atoms with Crippen LogP contribution in [0.25, 0.3) is 0 Å². The molecule has 0 aliphatic carbocycles. The minimum absolute atomic E-state index is 0. The van der Waals surface area contributed by atoms with E-state index < -0.39 is 40.9 Å². The fourth-order valence-electron chi connectivity index (χ4n) is 5.56. The van der Waals surface area contributed by atoms with Crippen LogP contribution in [0.1, 0.15) is 84.1 Å². The van der Waals surface area contributed by atoms with E-state index in [0.717, 1.165) is 12.6 Å². The van der Waals surface area contributed by atoms with Gasteiger partial charge in [0.2, 0.25) is 11.8 Å². The van der Waals surface area contributed by atoms with E-state index in [4.69, 9.17) is 23.9 Å². The van der Waals surface area contributed by atoms with Crippen LogP contribution in [0.3, 0.4) is 0 Å². The van der Waals surface area contributed by atoms with E-state index in [1.807, 2.05) is 77.6 Å². The van der Waals surface area contributed by atoms with Gasteiger partial charge in [-0.1, -0.05) is 14.9 Å². The van der Waals surface area contributed by atoms with Gasteiger partial charge in [0.05, 0.1) is 57.2 Å². The molecule has 0 bridgehead atoms. The molecule has 0 spiro atoms. The Morgan fingerprint density at radius 1 is 0.643 bits per heavy atom.